The summed E-state index contributed by atoms with van der Waals surface area (Å²) in [6.07, 6.45) is 0. The number of sulfonamides is 1. The van der Waals surface area contributed by atoms with Crippen LogP contribution in [0, 0.1) is 20.8 Å². The van der Waals surface area contributed by atoms with Gasteiger partial charge in [-0.2, -0.15) is 11.8 Å². The van der Waals surface area contributed by atoms with Gasteiger partial charge < -0.3 is 5.32 Å². The van der Waals surface area contributed by atoms with Gasteiger partial charge in [0, 0.05) is 23.6 Å². The molecular weight excluding hydrogens is 440 g/mol. The number of rotatable bonds is 9. The highest BCUT2D eigenvalue weighted by Gasteiger charge is 2.16. The number of hydrogen-bond donors (Lipinski definition) is 2. The fourth-order valence-electron chi connectivity index (χ4n) is 3.13. The van der Waals surface area contributed by atoms with E-state index in [2.05, 4.69) is 29.1 Å². The van der Waals surface area contributed by atoms with E-state index in [1.54, 1.807) is 61.2 Å². The first-order valence-electron chi connectivity index (χ1n) is 10.4. The zero-order valence-electron chi connectivity index (χ0n) is 18.5. The van der Waals surface area contributed by atoms with Crippen molar-refractivity contribution in [3.63, 3.8) is 0 Å². The van der Waals surface area contributed by atoms with Crippen molar-refractivity contribution in [1.82, 2.24) is 5.32 Å². The van der Waals surface area contributed by atoms with Crippen molar-refractivity contribution >= 4 is 33.4 Å². The molecule has 5 nitrogen and oxygen atoms in total. The highest BCUT2D eigenvalue weighted by atomic mass is 32.2. The molecule has 0 saturated carbocycles. The summed E-state index contributed by atoms with van der Waals surface area (Å²) < 4.78 is 27.8. The Labute approximate surface area is 194 Å². The SMILES string of the molecule is Cc1ccc(S(=O)(=O)Nc2ccc(C(=O)NCCSCc3ccccc3C)cc2C)cc1. The molecule has 0 spiro atoms. The zero-order chi connectivity index (χ0) is 23.1. The summed E-state index contributed by atoms with van der Waals surface area (Å²) >= 11 is 1.78. The Morgan fingerprint density at radius 1 is 0.906 bits per heavy atom. The molecule has 1 amide bonds. The summed E-state index contributed by atoms with van der Waals surface area (Å²) in [5.41, 5.74) is 5.22. The maximum atomic E-state index is 12.6. The highest BCUT2D eigenvalue weighted by molar-refractivity contribution is 7.98. The number of thioether (sulfide) groups is 1. The van der Waals surface area contributed by atoms with Crippen LogP contribution in [0.25, 0.3) is 0 Å². The molecule has 0 aliphatic carbocycles. The fraction of sp³-hybridized carbons (Fsp3) is 0.240. The summed E-state index contributed by atoms with van der Waals surface area (Å²) in [5.74, 6) is 1.56. The second kappa shape index (κ2) is 10.7. The summed E-state index contributed by atoms with van der Waals surface area (Å²) in [4.78, 5) is 12.7. The molecule has 0 aromatic heterocycles. The Balaban J connectivity index is 1.53. The highest BCUT2D eigenvalue weighted by Crippen LogP contribution is 2.21. The van der Waals surface area contributed by atoms with Crippen LogP contribution >= 0.6 is 11.8 Å². The van der Waals surface area contributed by atoms with E-state index in [-0.39, 0.29) is 10.8 Å². The molecule has 32 heavy (non-hydrogen) atoms. The molecule has 0 atom stereocenters. The molecule has 0 radical (unpaired) electrons. The van der Waals surface area contributed by atoms with Crippen LogP contribution in [0.15, 0.2) is 71.6 Å². The lowest BCUT2D eigenvalue weighted by Crippen LogP contribution is -2.26. The second-order valence-corrected chi connectivity index (χ2v) is 10.5. The van der Waals surface area contributed by atoms with E-state index in [1.165, 1.54) is 11.1 Å². The van der Waals surface area contributed by atoms with Gasteiger partial charge in [-0.25, -0.2) is 8.42 Å². The van der Waals surface area contributed by atoms with Crippen LogP contribution in [-0.4, -0.2) is 26.6 Å². The van der Waals surface area contributed by atoms with E-state index in [4.69, 9.17) is 0 Å². The average Bonchev–Trinajstić information content (AvgIpc) is 2.76. The van der Waals surface area contributed by atoms with Crippen molar-refractivity contribution in [2.75, 3.05) is 17.0 Å². The topological polar surface area (TPSA) is 75.3 Å². The maximum absolute atomic E-state index is 12.6. The minimum Gasteiger partial charge on any atom is -0.351 e. The van der Waals surface area contributed by atoms with Crippen LogP contribution in [0.3, 0.4) is 0 Å². The van der Waals surface area contributed by atoms with Gasteiger partial charge in [-0.05, 0) is 67.8 Å². The summed E-state index contributed by atoms with van der Waals surface area (Å²) in [6, 6.07) is 19.9. The molecule has 0 aliphatic heterocycles. The third-order valence-corrected chi connectivity index (χ3v) is 7.50. The van der Waals surface area contributed by atoms with Crippen LogP contribution in [0.5, 0.6) is 0 Å². The van der Waals surface area contributed by atoms with Gasteiger partial charge in [-0.3, -0.25) is 9.52 Å². The Morgan fingerprint density at radius 2 is 1.62 bits per heavy atom. The molecule has 0 bridgehead atoms. The number of anilines is 1. The Kier molecular flexibility index (Phi) is 7.99. The quantitative estimate of drug-likeness (QED) is 0.430. The van der Waals surface area contributed by atoms with Gasteiger partial charge in [0.25, 0.3) is 15.9 Å². The Hall–Kier alpha value is -2.77. The van der Waals surface area contributed by atoms with Gasteiger partial charge >= 0.3 is 0 Å². The number of nitrogens with one attached hydrogen (secondary N) is 2. The van der Waals surface area contributed by atoms with E-state index in [9.17, 15) is 13.2 Å². The number of hydrogen-bond acceptors (Lipinski definition) is 4. The van der Waals surface area contributed by atoms with Crippen molar-refractivity contribution in [2.24, 2.45) is 0 Å². The number of benzene rings is 3. The normalized spacial score (nSPS) is 11.2. The molecule has 0 aliphatic rings. The molecule has 0 heterocycles. The predicted octanol–water partition coefficient (Wildman–Crippen LogP) is 5.08. The predicted molar refractivity (Wildman–Crippen MR) is 133 cm³/mol. The monoisotopic (exact) mass is 468 g/mol. The lowest BCUT2D eigenvalue weighted by atomic mass is 10.1. The standard InChI is InChI=1S/C25H28N2O3S2/c1-18-8-11-23(12-9-18)32(29,30)27-24-13-10-21(16-20(24)3)25(28)26-14-15-31-17-22-7-5-4-6-19(22)2/h4-13,16,27H,14-15,17H2,1-3H3,(H,26,28). The van der Waals surface area contributed by atoms with Crippen LogP contribution in [0.1, 0.15) is 32.6 Å². The fourth-order valence-corrected chi connectivity index (χ4v) is 5.20. The van der Waals surface area contributed by atoms with Gasteiger partial charge in [-0.1, -0.05) is 42.0 Å². The van der Waals surface area contributed by atoms with Crippen molar-refractivity contribution in [1.29, 1.82) is 0 Å². The first-order chi connectivity index (χ1) is 15.3. The van der Waals surface area contributed by atoms with Crippen LogP contribution in [0.4, 0.5) is 5.69 Å². The van der Waals surface area contributed by atoms with Crippen LogP contribution in [0.2, 0.25) is 0 Å². The number of carbonyl (C=O) groups excluding carboxylic acids is 1. The van der Waals surface area contributed by atoms with Crippen LogP contribution < -0.4 is 10.0 Å². The third kappa shape index (κ3) is 6.37. The maximum Gasteiger partial charge on any atom is 0.261 e. The molecule has 3 rings (SSSR count). The molecule has 0 saturated heterocycles. The minimum absolute atomic E-state index is 0.169. The molecular formula is C25H28N2O3S2. The molecule has 0 unspecified atom stereocenters. The van der Waals surface area contributed by atoms with Crippen LogP contribution in [-0.2, 0) is 15.8 Å². The number of amides is 1. The van der Waals surface area contributed by atoms with Crippen molar-refractivity contribution in [3.8, 4) is 0 Å². The number of carbonyl (C=O) groups is 1. The molecule has 7 heteroatoms. The zero-order valence-corrected chi connectivity index (χ0v) is 20.1. The summed E-state index contributed by atoms with van der Waals surface area (Å²) in [5, 5.41) is 2.93. The molecule has 3 aromatic rings. The summed E-state index contributed by atoms with van der Waals surface area (Å²) in [7, 11) is -3.69. The van der Waals surface area contributed by atoms with Crippen molar-refractivity contribution in [3.05, 3.63) is 94.5 Å². The molecule has 168 valence electrons. The van der Waals surface area contributed by atoms with Gasteiger partial charge in [0.2, 0.25) is 0 Å². The lowest BCUT2D eigenvalue weighted by molar-refractivity contribution is 0.0956. The van der Waals surface area contributed by atoms with Gasteiger partial charge in [-0.15, -0.1) is 0 Å². The largest absolute Gasteiger partial charge is 0.351 e. The molecule has 3 aromatic carbocycles. The van der Waals surface area contributed by atoms with Gasteiger partial charge in [0.1, 0.15) is 0 Å². The lowest BCUT2D eigenvalue weighted by Gasteiger charge is -2.12. The first kappa shape index (κ1) is 23.9. The number of aryl methyl sites for hydroxylation is 3. The van der Waals surface area contributed by atoms with Crippen molar-refractivity contribution < 1.29 is 13.2 Å². The smallest absolute Gasteiger partial charge is 0.261 e. The Morgan fingerprint density at radius 3 is 2.31 bits per heavy atom. The van der Waals surface area contributed by atoms with E-state index < -0.39 is 10.0 Å². The van der Waals surface area contributed by atoms with Gasteiger partial charge in [0.05, 0.1) is 10.6 Å². The first-order valence-corrected chi connectivity index (χ1v) is 13.0. The minimum atomic E-state index is -3.69. The van der Waals surface area contributed by atoms with E-state index in [1.807, 2.05) is 19.1 Å². The van der Waals surface area contributed by atoms with E-state index in [0.29, 0.717) is 23.4 Å². The third-order valence-electron chi connectivity index (χ3n) is 5.11. The summed E-state index contributed by atoms with van der Waals surface area (Å²) in [6.45, 7) is 6.35. The Bertz CT molecular complexity index is 1190. The van der Waals surface area contributed by atoms with E-state index >= 15 is 0 Å². The van der Waals surface area contributed by atoms with Crippen molar-refractivity contribution in [2.45, 2.75) is 31.4 Å². The van der Waals surface area contributed by atoms with E-state index in [0.717, 1.165) is 17.1 Å². The second-order valence-electron chi connectivity index (χ2n) is 7.68. The molecule has 2 N–H and O–H groups in total. The molecule has 0 fully saturated rings. The van der Waals surface area contributed by atoms with Gasteiger partial charge in [0.15, 0.2) is 0 Å². The average molecular weight is 469 g/mol.